The van der Waals surface area contributed by atoms with Gasteiger partial charge in [-0.05, 0) is 0 Å². The Morgan fingerprint density at radius 3 is 2.62 bits per heavy atom. The molecule has 6 nitrogen and oxygen atoms in total. The maximum absolute atomic E-state index is 13.4. The molecule has 0 bridgehead atoms. The molecule has 0 aromatic heterocycles. The fourth-order valence-electron chi connectivity index (χ4n) is 1.80. The first-order chi connectivity index (χ1) is 7.39. The number of methoxy groups -OCH3 is 1. The summed E-state index contributed by atoms with van der Waals surface area (Å²) < 4.78 is 34.9. The zero-order valence-electron chi connectivity index (χ0n) is 8.80. The lowest BCUT2D eigenvalue weighted by Crippen LogP contribution is -2.68. The number of ether oxygens (including phenoxy) is 2. The zero-order valence-corrected chi connectivity index (χ0v) is 8.80. The average Bonchev–Trinajstić information content (AvgIpc) is 2.23. The Labute approximate surface area is 90.3 Å². The van der Waals surface area contributed by atoms with Crippen molar-refractivity contribution in [2.75, 3.05) is 13.8 Å². The van der Waals surface area contributed by atoms with Crippen LogP contribution < -0.4 is 0 Å². The Hall–Kier alpha value is -0.860. The number of nitro groups is 1. The summed E-state index contributed by atoms with van der Waals surface area (Å²) in [7, 11) is 1.06. The molecule has 0 unspecified atom stereocenters. The first-order valence-corrected chi connectivity index (χ1v) is 4.60. The van der Waals surface area contributed by atoms with Crippen molar-refractivity contribution in [1.82, 2.24) is 0 Å². The van der Waals surface area contributed by atoms with Gasteiger partial charge in [-0.3, -0.25) is 10.1 Å². The lowest BCUT2D eigenvalue weighted by molar-refractivity contribution is -0.607. The first-order valence-electron chi connectivity index (χ1n) is 4.60. The summed E-state index contributed by atoms with van der Waals surface area (Å²) in [6.07, 6.45) is -7.06. The van der Waals surface area contributed by atoms with E-state index in [-0.39, 0.29) is 0 Å². The standard InChI is InChI=1S/C8H13F2NO5/c1-8(11(13)14)5(12)4(3-9)16-7(10)6(8)15-2/h4-7,12H,3H2,1-2H3/t4-,5-,6-,7+,8-/m0/s1. The molecule has 1 N–H and O–H groups in total. The molecule has 0 radical (unpaired) electrons. The van der Waals surface area contributed by atoms with Crippen molar-refractivity contribution < 1.29 is 28.3 Å². The maximum atomic E-state index is 13.4. The van der Waals surface area contributed by atoms with Crippen molar-refractivity contribution in [2.45, 2.75) is 37.1 Å². The van der Waals surface area contributed by atoms with E-state index in [1.165, 1.54) is 0 Å². The van der Waals surface area contributed by atoms with Gasteiger partial charge in [0, 0.05) is 19.0 Å². The molecular formula is C8H13F2NO5. The van der Waals surface area contributed by atoms with Crippen molar-refractivity contribution in [3.63, 3.8) is 0 Å². The van der Waals surface area contributed by atoms with Crippen LogP contribution in [0.2, 0.25) is 0 Å². The molecule has 1 fully saturated rings. The Balaban J connectivity index is 3.09. The van der Waals surface area contributed by atoms with Crippen LogP contribution in [0.25, 0.3) is 0 Å². The van der Waals surface area contributed by atoms with E-state index in [4.69, 9.17) is 0 Å². The van der Waals surface area contributed by atoms with Crippen LogP contribution in [0.3, 0.4) is 0 Å². The fraction of sp³-hybridized carbons (Fsp3) is 1.00. The second kappa shape index (κ2) is 4.56. The van der Waals surface area contributed by atoms with Gasteiger partial charge in [0.15, 0.2) is 12.2 Å². The van der Waals surface area contributed by atoms with Crippen LogP contribution in [0.1, 0.15) is 6.92 Å². The summed E-state index contributed by atoms with van der Waals surface area (Å²) in [5.74, 6) is 0. The smallest absolute Gasteiger partial charge is 0.278 e. The number of hydrogen-bond donors (Lipinski definition) is 1. The van der Waals surface area contributed by atoms with Gasteiger partial charge < -0.3 is 14.6 Å². The van der Waals surface area contributed by atoms with Crippen LogP contribution in [0, 0.1) is 10.1 Å². The molecule has 0 amide bonds. The molecule has 0 aromatic carbocycles. The molecule has 16 heavy (non-hydrogen) atoms. The largest absolute Gasteiger partial charge is 0.383 e. The van der Waals surface area contributed by atoms with E-state index >= 15 is 0 Å². The van der Waals surface area contributed by atoms with E-state index in [0.717, 1.165) is 14.0 Å². The monoisotopic (exact) mass is 241 g/mol. The number of aliphatic hydroxyl groups is 1. The number of hydrogen-bond acceptors (Lipinski definition) is 5. The minimum atomic E-state index is -2.15. The Morgan fingerprint density at radius 2 is 2.25 bits per heavy atom. The minimum Gasteiger partial charge on any atom is -0.383 e. The van der Waals surface area contributed by atoms with Crippen LogP contribution in [-0.2, 0) is 9.47 Å². The molecule has 5 atom stereocenters. The summed E-state index contributed by atoms with van der Waals surface area (Å²) in [4.78, 5) is 10.0. The van der Waals surface area contributed by atoms with Gasteiger partial charge in [0.25, 0.3) is 5.54 Å². The molecule has 1 rings (SSSR count). The normalized spacial score (nSPS) is 44.3. The van der Waals surface area contributed by atoms with Crippen LogP contribution >= 0.6 is 0 Å². The van der Waals surface area contributed by atoms with Gasteiger partial charge in [-0.2, -0.15) is 0 Å². The molecule has 1 aliphatic heterocycles. The van der Waals surface area contributed by atoms with E-state index in [0.29, 0.717) is 0 Å². The number of rotatable bonds is 3. The first kappa shape index (κ1) is 13.2. The van der Waals surface area contributed by atoms with Crippen LogP contribution in [0.5, 0.6) is 0 Å². The third kappa shape index (κ3) is 1.76. The van der Waals surface area contributed by atoms with E-state index in [1.807, 2.05) is 0 Å². The van der Waals surface area contributed by atoms with E-state index in [9.17, 15) is 24.0 Å². The predicted octanol–water partition coefficient (Wildman–Crippen LogP) is 0.0616. The number of halogens is 2. The zero-order chi connectivity index (χ0) is 12.5. The predicted molar refractivity (Wildman–Crippen MR) is 47.9 cm³/mol. The van der Waals surface area contributed by atoms with Gasteiger partial charge >= 0.3 is 0 Å². The summed E-state index contributed by atoms with van der Waals surface area (Å²) in [6.45, 7) is -0.203. The molecule has 0 saturated carbocycles. The minimum absolute atomic E-state index is 0.871. The Bertz CT molecular complexity index is 279. The molecular weight excluding hydrogens is 228 g/mol. The van der Waals surface area contributed by atoms with Gasteiger partial charge in [0.2, 0.25) is 6.36 Å². The lowest BCUT2D eigenvalue weighted by atomic mass is 9.83. The van der Waals surface area contributed by atoms with Gasteiger partial charge in [-0.1, -0.05) is 0 Å². The lowest BCUT2D eigenvalue weighted by Gasteiger charge is -2.41. The van der Waals surface area contributed by atoms with Crippen molar-refractivity contribution in [1.29, 1.82) is 0 Å². The average molecular weight is 241 g/mol. The van der Waals surface area contributed by atoms with E-state index in [2.05, 4.69) is 9.47 Å². The highest BCUT2D eigenvalue weighted by molar-refractivity contribution is 5.00. The van der Waals surface area contributed by atoms with Crippen molar-refractivity contribution >= 4 is 0 Å². The summed E-state index contributed by atoms with van der Waals surface area (Å²) in [5.41, 5.74) is -2.14. The second-order valence-corrected chi connectivity index (χ2v) is 3.76. The van der Waals surface area contributed by atoms with Crippen LogP contribution in [0.15, 0.2) is 0 Å². The third-order valence-corrected chi connectivity index (χ3v) is 2.87. The van der Waals surface area contributed by atoms with Crippen molar-refractivity contribution in [2.24, 2.45) is 0 Å². The van der Waals surface area contributed by atoms with Gasteiger partial charge in [0.1, 0.15) is 12.8 Å². The maximum Gasteiger partial charge on any atom is 0.278 e. The fourth-order valence-corrected chi connectivity index (χ4v) is 1.80. The quantitative estimate of drug-likeness (QED) is 0.558. The number of alkyl halides is 2. The highest BCUT2D eigenvalue weighted by Crippen LogP contribution is 2.34. The molecule has 0 spiro atoms. The second-order valence-electron chi connectivity index (χ2n) is 3.76. The highest BCUT2D eigenvalue weighted by atomic mass is 19.1. The molecule has 94 valence electrons. The van der Waals surface area contributed by atoms with Gasteiger partial charge in [-0.15, -0.1) is 0 Å². The Morgan fingerprint density at radius 1 is 1.69 bits per heavy atom. The van der Waals surface area contributed by atoms with Gasteiger partial charge in [0.05, 0.1) is 0 Å². The molecule has 1 saturated heterocycles. The number of nitrogens with zero attached hydrogens (tertiary/aromatic N) is 1. The molecule has 8 heteroatoms. The van der Waals surface area contributed by atoms with Crippen molar-refractivity contribution in [3.05, 3.63) is 10.1 Å². The SMILES string of the molecule is CO[C@H]1[C@H](F)O[C@@H](CF)[C@H](O)[C@]1(C)[N+](=O)[O-]. The Kier molecular flexibility index (Phi) is 3.76. The highest BCUT2D eigenvalue weighted by Gasteiger charge is 2.63. The van der Waals surface area contributed by atoms with Crippen LogP contribution in [-0.4, -0.2) is 54.0 Å². The molecule has 1 aliphatic rings. The van der Waals surface area contributed by atoms with Crippen LogP contribution in [0.4, 0.5) is 8.78 Å². The van der Waals surface area contributed by atoms with Crippen molar-refractivity contribution in [3.8, 4) is 0 Å². The third-order valence-electron chi connectivity index (χ3n) is 2.87. The number of aliphatic hydroxyl groups excluding tert-OH is 1. The summed E-state index contributed by atoms with van der Waals surface area (Å²) >= 11 is 0. The molecule has 1 heterocycles. The van der Waals surface area contributed by atoms with Gasteiger partial charge in [-0.25, -0.2) is 8.78 Å². The summed E-state index contributed by atoms with van der Waals surface area (Å²) in [6, 6.07) is 0. The van der Waals surface area contributed by atoms with E-state index in [1.54, 1.807) is 0 Å². The topological polar surface area (TPSA) is 81.8 Å². The molecule has 0 aliphatic carbocycles. The summed E-state index contributed by atoms with van der Waals surface area (Å²) in [5, 5.41) is 20.5. The molecule has 0 aromatic rings. The van der Waals surface area contributed by atoms with E-state index < -0.39 is 41.8 Å².